The quantitative estimate of drug-likeness (QED) is 0.390. The molecule has 3 aromatic rings. The number of aliphatic carboxylic acids is 1. The topological polar surface area (TPSA) is 137 Å². The number of anilines is 2. The van der Waals surface area contributed by atoms with Crippen LogP contribution in [0.1, 0.15) is 22.8 Å². The highest BCUT2D eigenvalue weighted by molar-refractivity contribution is 5.95. The number of hydrogen-bond donors (Lipinski definition) is 3. The fraction of sp³-hybridized carbons (Fsp3) is 0.296. The number of piperazine rings is 1. The molecule has 11 nitrogen and oxygen atoms in total. The monoisotopic (exact) mass is 518 g/mol. The third kappa shape index (κ3) is 6.96. The number of alkyl carbamates (subject to hydrolysis) is 1. The molecule has 2 atom stereocenters. The Morgan fingerprint density at radius 3 is 2.39 bits per heavy atom. The summed E-state index contributed by atoms with van der Waals surface area (Å²) in [6, 6.07) is 16.8. The summed E-state index contributed by atoms with van der Waals surface area (Å²) in [7, 11) is 0. The van der Waals surface area contributed by atoms with Crippen molar-refractivity contribution in [3.63, 3.8) is 0 Å². The van der Waals surface area contributed by atoms with E-state index in [1.807, 2.05) is 18.2 Å². The Morgan fingerprint density at radius 2 is 1.74 bits per heavy atom. The molecule has 2 aromatic carbocycles. The van der Waals surface area contributed by atoms with Crippen molar-refractivity contribution in [3.05, 3.63) is 84.2 Å². The van der Waals surface area contributed by atoms with Crippen molar-refractivity contribution < 1.29 is 24.2 Å². The van der Waals surface area contributed by atoms with E-state index in [4.69, 9.17) is 4.74 Å². The SMILES string of the molecule is CC1CN(c2ncccn2)CCN1c1ccc(C(=O)NC[C@H](NC(=O)OCc2ccccc2)C(=O)O)cc1. The van der Waals surface area contributed by atoms with Crippen LogP contribution in [-0.2, 0) is 16.1 Å². The van der Waals surface area contributed by atoms with E-state index < -0.39 is 24.0 Å². The molecule has 0 radical (unpaired) electrons. The highest BCUT2D eigenvalue weighted by atomic mass is 16.5. The summed E-state index contributed by atoms with van der Waals surface area (Å²) in [5, 5.41) is 14.3. The number of nitrogens with zero attached hydrogens (tertiary/aromatic N) is 4. The summed E-state index contributed by atoms with van der Waals surface area (Å²) in [6.45, 7) is 4.15. The molecule has 0 aliphatic carbocycles. The second-order valence-corrected chi connectivity index (χ2v) is 8.89. The molecular formula is C27H30N6O5. The summed E-state index contributed by atoms with van der Waals surface area (Å²) < 4.78 is 5.07. The number of benzene rings is 2. The van der Waals surface area contributed by atoms with Crippen LogP contribution in [0.5, 0.6) is 0 Å². The Labute approximate surface area is 220 Å². The van der Waals surface area contributed by atoms with Crippen molar-refractivity contribution in [2.45, 2.75) is 25.6 Å². The minimum absolute atomic E-state index is 0.00538. The van der Waals surface area contributed by atoms with E-state index in [9.17, 15) is 19.5 Å². The van der Waals surface area contributed by atoms with Crippen molar-refractivity contribution in [1.29, 1.82) is 0 Å². The van der Waals surface area contributed by atoms with Crippen molar-refractivity contribution in [3.8, 4) is 0 Å². The van der Waals surface area contributed by atoms with E-state index >= 15 is 0 Å². The zero-order valence-corrected chi connectivity index (χ0v) is 21.0. The van der Waals surface area contributed by atoms with E-state index in [0.717, 1.165) is 30.9 Å². The minimum Gasteiger partial charge on any atom is -0.480 e. The van der Waals surface area contributed by atoms with Crippen LogP contribution < -0.4 is 20.4 Å². The van der Waals surface area contributed by atoms with Gasteiger partial charge in [-0.1, -0.05) is 30.3 Å². The Balaban J connectivity index is 1.27. The van der Waals surface area contributed by atoms with Gasteiger partial charge in [0.05, 0.1) is 0 Å². The molecule has 0 spiro atoms. The maximum absolute atomic E-state index is 12.6. The third-order valence-corrected chi connectivity index (χ3v) is 6.19. The van der Waals surface area contributed by atoms with E-state index in [2.05, 4.69) is 37.3 Å². The summed E-state index contributed by atoms with van der Waals surface area (Å²) in [6.07, 6.45) is 2.58. The summed E-state index contributed by atoms with van der Waals surface area (Å²) in [4.78, 5) is 49.3. The minimum atomic E-state index is -1.34. The van der Waals surface area contributed by atoms with Gasteiger partial charge in [-0.2, -0.15) is 0 Å². The van der Waals surface area contributed by atoms with Crippen LogP contribution in [0, 0.1) is 0 Å². The second kappa shape index (κ2) is 12.5. The van der Waals surface area contributed by atoms with E-state index in [1.165, 1.54) is 0 Å². The fourth-order valence-corrected chi connectivity index (χ4v) is 4.19. The molecule has 2 amide bonds. The number of carboxylic acid groups (broad SMARTS) is 1. The first-order chi connectivity index (χ1) is 18.4. The van der Waals surface area contributed by atoms with Gasteiger partial charge in [-0.3, -0.25) is 4.79 Å². The first-order valence-electron chi connectivity index (χ1n) is 12.3. The number of carbonyl (C=O) groups excluding carboxylic acids is 2. The van der Waals surface area contributed by atoms with Crippen LogP contribution in [0.2, 0.25) is 0 Å². The van der Waals surface area contributed by atoms with Crippen LogP contribution in [-0.4, -0.2) is 71.3 Å². The lowest BCUT2D eigenvalue weighted by Gasteiger charge is -2.41. The number of carbonyl (C=O) groups is 3. The molecule has 3 N–H and O–H groups in total. The highest BCUT2D eigenvalue weighted by Gasteiger charge is 2.26. The number of rotatable bonds is 9. The highest BCUT2D eigenvalue weighted by Crippen LogP contribution is 2.22. The van der Waals surface area contributed by atoms with Gasteiger partial charge in [-0.25, -0.2) is 19.6 Å². The molecule has 4 rings (SSSR count). The largest absolute Gasteiger partial charge is 0.480 e. The van der Waals surface area contributed by atoms with E-state index in [1.54, 1.807) is 54.9 Å². The fourth-order valence-electron chi connectivity index (χ4n) is 4.19. The van der Waals surface area contributed by atoms with Gasteiger partial charge >= 0.3 is 12.1 Å². The normalized spacial score (nSPS) is 15.9. The number of nitrogens with one attached hydrogen (secondary N) is 2. The van der Waals surface area contributed by atoms with Gasteiger partial charge in [-0.05, 0) is 42.8 Å². The van der Waals surface area contributed by atoms with Crippen molar-refractivity contribution in [2.75, 3.05) is 36.0 Å². The molecule has 38 heavy (non-hydrogen) atoms. The maximum Gasteiger partial charge on any atom is 0.408 e. The van der Waals surface area contributed by atoms with Crippen molar-refractivity contribution >= 4 is 29.6 Å². The second-order valence-electron chi connectivity index (χ2n) is 8.89. The molecule has 1 aromatic heterocycles. The van der Waals surface area contributed by atoms with Gasteiger partial charge in [0.15, 0.2) is 0 Å². The van der Waals surface area contributed by atoms with Crippen LogP contribution in [0.4, 0.5) is 16.4 Å². The predicted octanol–water partition coefficient (Wildman–Crippen LogP) is 2.30. The Hall–Kier alpha value is -4.67. The van der Waals surface area contributed by atoms with Gasteiger partial charge in [0.1, 0.15) is 12.6 Å². The van der Waals surface area contributed by atoms with Gasteiger partial charge in [-0.15, -0.1) is 0 Å². The molecule has 1 unspecified atom stereocenters. The average Bonchev–Trinajstić information content (AvgIpc) is 2.95. The standard InChI is InChI=1S/C27H30N6O5/c1-19-17-32(26-28-12-5-13-29-26)14-15-33(19)22-10-8-21(9-11-22)24(34)30-16-23(25(35)36)31-27(37)38-18-20-6-3-2-4-7-20/h2-13,19,23H,14-18H2,1H3,(H,30,34)(H,31,37)(H,35,36)/t19?,23-/m0/s1. The summed E-state index contributed by atoms with van der Waals surface area (Å²) >= 11 is 0. The van der Waals surface area contributed by atoms with Gasteiger partial charge in [0, 0.05) is 55.9 Å². The van der Waals surface area contributed by atoms with Crippen molar-refractivity contribution in [1.82, 2.24) is 20.6 Å². The lowest BCUT2D eigenvalue weighted by Crippen LogP contribution is -2.52. The van der Waals surface area contributed by atoms with Gasteiger partial charge < -0.3 is 30.3 Å². The van der Waals surface area contributed by atoms with Crippen molar-refractivity contribution in [2.24, 2.45) is 0 Å². The molecule has 0 bridgehead atoms. The smallest absolute Gasteiger partial charge is 0.408 e. The number of carboxylic acids is 1. The Kier molecular flexibility index (Phi) is 8.70. The van der Waals surface area contributed by atoms with E-state index in [0.29, 0.717) is 11.5 Å². The third-order valence-electron chi connectivity index (χ3n) is 6.19. The molecular weight excluding hydrogens is 488 g/mol. The first-order valence-corrected chi connectivity index (χ1v) is 12.3. The zero-order chi connectivity index (χ0) is 26.9. The Bertz CT molecular complexity index is 1230. The number of ether oxygens (including phenoxy) is 1. The molecule has 1 saturated heterocycles. The summed E-state index contributed by atoms with van der Waals surface area (Å²) in [5.74, 6) is -1.02. The molecule has 0 saturated carbocycles. The lowest BCUT2D eigenvalue weighted by molar-refractivity contribution is -0.139. The van der Waals surface area contributed by atoms with Crippen LogP contribution in [0.25, 0.3) is 0 Å². The van der Waals surface area contributed by atoms with E-state index in [-0.39, 0.29) is 19.2 Å². The Morgan fingerprint density at radius 1 is 1.03 bits per heavy atom. The molecule has 198 valence electrons. The molecule has 1 aliphatic heterocycles. The molecule has 2 heterocycles. The first kappa shape index (κ1) is 26.4. The van der Waals surface area contributed by atoms with Crippen LogP contribution in [0.3, 0.4) is 0 Å². The van der Waals surface area contributed by atoms with Crippen LogP contribution in [0.15, 0.2) is 73.1 Å². The lowest BCUT2D eigenvalue weighted by atomic mass is 10.1. The summed E-state index contributed by atoms with van der Waals surface area (Å²) in [5.41, 5.74) is 2.13. The van der Waals surface area contributed by atoms with Crippen LogP contribution >= 0.6 is 0 Å². The maximum atomic E-state index is 12.6. The van der Waals surface area contributed by atoms with Gasteiger partial charge in [0.25, 0.3) is 5.91 Å². The number of hydrogen-bond acceptors (Lipinski definition) is 8. The molecule has 1 fully saturated rings. The molecule has 1 aliphatic rings. The zero-order valence-electron chi connectivity index (χ0n) is 21.0. The number of amides is 2. The predicted molar refractivity (Wildman–Crippen MR) is 141 cm³/mol. The number of aromatic nitrogens is 2. The average molecular weight is 519 g/mol. The van der Waals surface area contributed by atoms with Gasteiger partial charge in [0.2, 0.25) is 5.95 Å². The molecule has 11 heteroatoms.